The molecule has 0 bridgehead atoms. The molecule has 0 unspecified atom stereocenters. The monoisotopic (exact) mass is 562 g/mol. The molecular weight excluding hydrogens is 520 g/mol. The van der Waals surface area contributed by atoms with E-state index in [-0.39, 0.29) is 13.2 Å². The Hall–Kier alpha value is 0.220. The highest BCUT2D eigenvalue weighted by molar-refractivity contribution is 8.77. The maximum Gasteiger partial charge on any atom is 0.188 e. The zero-order chi connectivity index (χ0) is 26.9. The highest BCUT2D eigenvalue weighted by Crippen LogP contribution is 2.52. The van der Waals surface area contributed by atoms with Gasteiger partial charge in [-0.25, -0.2) is 0 Å². The minimum Gasteiger partial charge on any atom is -0.392 e. The molecule has 36 heavy (non-hydrogen) atoms. The summed E-state index contributed by atoms with van der Waals surface area (Å²) in [5.74, 6) is 0. The van der Waals surface area contributed by atoms with Crippen LogP contribution in [0.25, 0.3) is 0 Å². The van der Waals surface area contributed by atoms with Crippen LogP contribution in [-0.4, -0.2) is 126 Å². The second kappa shape index (κ2) is 15.1. The molecule has 2 aliphatic rings. The first-order chi connectivity index (χ1) is 17.1. The third-order valence-electron chi connectivity index (χ3n) is 6.26. The van der Waals surface area contributed by atoms with Crippen LogP contribution in [0.1, 0.15) is 52.4 Å². The maximum absolute atomic E-state index is 10.7. The highest BCUT2D eigenvalue weighted by atomic mass is 33.1. The molecule has 2 fully saturated rings. The van der Waals surface area contributed by atoms with Crippen molar-refractivity contribution in [1.29, 1.82) is 0 Å². The summed E-state index contributed by atoms with van der Waals surface area (Å²) in [7, 11) is 1.25. The number of aliphatic hydroxyl groups excluding tert-OH is 8. The van der Waals surface area contributed by atoms with Gasteiger partial charge in [-0.05, 0) is 12.8 Å². The minimum absolute atomic E-state index is 0.210. The molecule has 0 saturated carbocycles. The van der Waals surface area contributed by atoms with Gasteiger partial charge in [0, 0.05) is 13.2 Å². The molecule has 2 saturated heterocycles. The van der Waals surface area contributed by atoms with Gasteiger partial charge in [0.05, 0.1) is 13.2 Å². The van der Waals surface area contributed by atoms with E-state index in [9.17, 15) is 40.9 Å². The number of unbranched alkanes of at least 4 members (excludes halogenated alkanes) is 4. The molecule has 14 heteroatoms. The fourth-order valence-electron chi connectivity index (χ4n) is 3.85. The molecule has 10 atom stereocenters. The summed E-state index contributed by atoms with van der Waals surface area (Å²) >= 11 is 0. The zero-order valence-corrected chi connectivity index (χ0v) is 22.4. The van der Waals surface area contributed by atoms with Gasteiger partial charge in [0.1, 0.15) is 36.6 Å². The lowest BCUT2D eigenvalue weighted by Gasteiger charge is -2.50. The standard InChI is InChI=1S/C22H42O12S2/c1-3-5-7-9-31-19-15(27)13(25)17(29)21(11-23,33-19)35-36-22(12-24)18(30)14(26)16(28)20(34-22)32-10-8-6-4-2/h13-20,23-30H,3-12H2,1-2H3/t13-,14-,15+,16+,17+,18+,19+,20+,21+,22+/m1/s1. The predicted molar refractivity (Wildman–Crippen MR) is 132 cm³/mol. The summed E-state index contributed by atoms with van der Waals surface area (Å²) in [6, 6.07) is 0. The molecule has 0 aliphatic carbocycles. The summed E-state index contributed by atoms with van der Waals surface area (Å²) in [5, 5.41) is 83.2. The van der Waals surface area contributed by atoms with Crippen LogP contribution >= 0.6 is 21.6 Å². The number of hydrogen-bond acceptors (Lipinski definition) is 14. The molecule has 2 aliphatic heterocycles. The molecular formula is C22H42O12S2. The molecule has 214 valence electrons. The van der Waals surface area contributed by atoms with E-state index in [1.54, 1.807) is 0 Å². The first-order valence-corrected chi connectivity index (χ1v) is 14.5. The molecule has 2 rings (SSSR count). The number of ether oxygens (including phenoxy) is 4. The van der Waals surface area contributed by atoms with E-state index < -0.39 is 72.3 Å². The molecule has 12 nitrogen and oxygen atoms in total. The Bertz CT molecular complexity index is 584. The average Bonchev–Trinajstić information content (AvgIpc) is 2.89. The van der Waals surface area contributed by atoms with Gasteiger partial charge in [0.15, 0.2) is 22.4 Å². The van der Waals surface area contributed by atoms with Crippen LogP contribution in [0.15, 0.2) is 0 Å². The van der Waals surface area contributed by atoms with E-state index in [0.29, 0.717) is 34.4 Å². The summed E-state index contributed by atoms with van der Waals surface area (Å²) in [4.78, 5) is -3.91. The van der Waals surface area contributed by atoms with Crippen molar-refractivity contribution < 1.29 is 59.8 Å². The first-order valence-electron chi connectivity index (χ1n) is 12.4. The van der Waals surface area contributed by atoms with Gasteiger partial charge in [-0.2, -0.15) is 0 Å². The van der Waals surface area contributed by atoms with Crippen molar-refractivity contribution in [2.24, 2.45) is 0 Å². The van der Waals surface area contributed by atoms with E-state index in [1.165, 1.54) is 0 Å². The van der Waals surface area contributed by atoms with E-state index in [4.69, 9.17) is 18.9 Å². The van der Waals surface area contributed by atoms with Gasteiger partial charge < -0.3 is 59.8 Å². The van der Waals surface area contributed by atoms with Gasteiger partial charge in [-0.1, -0.05) is 61.1 Å². The predicted octanol–water partition coefficient (Wildman–Crippen LogP) is -0.963. The fourth-order valence-corrected chi connectivity index (χ4v) is 6.97. The normalized spacial score (nSPS) is 41.5. The van der Waals surface area contributed by atoms with Crippen molar-refractivity contribution in [2.75, 3.05) is 26.4 Å². The molecule has 0 aromatic carbocycles. The molecule has 2 heterocycles. The number of hydrogen-bond donors (Lipinski definition) is 8. The Kier molecular flexibility index (Phi) is 13.6. The molecule has 0 aromatic rings. The Morgan fingerprint density at radius 2 is 0.972 bits per heavy atom. The summed E-state index contributed by atoms with van der Waals surface area (Å²) < 4.78 is 22.6. The van der Waals surface area contributed by atoms with E-state index in [1.807, 2.05) is 13.8 Å². The lowest BCUT2D eigenvalue weighted by molar-refractivity contribution is -0.313. The highest BCUT2D eigenvalue weighted by Gasteiger charge is 2.59. The van der Waals surface area contributed by atoms with E-state index >= 15 is 0 Å². The van der Waals surface area contributed by atoms with Gasteiger partial charge in [0.2, 0.25) is 0 Å². The van der Waals surface area contributed by atoms with Gasteiger partial charge in [-0.15, -0.1) is 0 Å². The Morgan fingerprint density at radius 1 is 0.611 bits per heavy atom. The van der Waals surface area contributed by atoms with Gasteiger partial charge >= 0.3 is 0 Å². The lowest BCUT2D eigenvalue weighted by Crippen LogP contribution is -2.66. The topological polar surface area (TPSA) is 199 Å². The van der Waals surface area contributed by atoms with Crippen LogP contribution < -0.4 is 0 Å². The molecule has 0 spiro atoms. The Balaban J connectivity index is 2.18. The number of rotatable bonds is 15. The summed E-state index contributed by atoms with van der Waals surface area (Å²) in [6.07, 6.45) is -8.04. The van der Waals surface area contributed by atoms with Crippen LogP contribution in [0.3, 0.4) is 0 Å². The summed E-state index contributed by atoms with van der Waals surface area (Å²) in [6.45, 7) is 2.75. The van der Waals surface area contributed by atoms with Crippen LogP contribution in [-0.2, 0) is 18.9 Å². The third-order valence-corrected chi connectivity index (χ3v) is 9.79. The SMILES string of the molecule is CCCCCO[C@H]1O[C@@](CO)(SS[C@]2(CO)O[C@H](OCCCCC)[C@@H](O)[C@@H](O)[C@@H]2O)[C@@H](O)[C@H](O)[C@@H]1O. The minimum atomic E-state index is -1.96. The van der Waals surface area contributed by atoms with Crippen molar-refractivity contribution in [3.05, 3.63) is 0 Å². The molecule has 0 aromatic heterocycles. The lowest BCUT2D eigenvalue weighted by atomic mass is 9.98. The van der Waals surface area contributed by atoms with Crippen molar-refractivity contribution in [3.63, 3.8) is 0 Å². The van der Waals surface area contributed by atoms with Crippen LogP contribution in [0.4, 0.5) is 0 Å². The van der Waals surface area contributed by atoms with Gasteiger partial charge in [-0.3, -0.25) is 0 Å². The molecule has 0 amide bonds. The molecule has 0 radical (unpaired) electrons. The van der Waals surface area contributed by atoms with Crippen molar-refractivity contribution in [3.8, 4) is 0 Å². The quantitative estimate of drug-likeness (QED) is 0.0896. The maximum atomic E-state index is 10.7. The van der Waals surface area contributed by atoms with Crippen LogP contribution in [0.5, 0.6) is 0 Å². The van der Waals surface area contributed by atoms with Gasteiger partial charge in [0.25, 0.3) is 0 Å². The van der Waals surface area contributed by atoms with Crippen LogP contribution in [0.2, 0.25) is 0 Å². The van der Waals surface area contributed by atoms with Crippen molar-refractivity contribution in [1.82, 2.24) is 0 Å². The second-order valence-electron chi connectivity index (χ2n) is 9.09. The zero-order valence-electron chi connectivity index (χ0n) is 20.7. The smallest absolute Gasteiger partial charge is 0.188 e. The Labute approximate surface area is 219 Å². The average molecular weight is 563 g/mol. The summed E-state index contributed by atoms with van der Waals surface area (Å²) in [5.41, 5.74) is 0. The molecule has 8 N–H and O–H groups in total. The van der Waals surface area contributed by atoms with E-state index in [0.717, 1.165) is 25.7 Å². The van der Waals surface area contributed by atoms with Crippen LogP contribution in [0, 0.1) is 0 Å². The third kappa shape index (κ3) is 7.45. The van der Waals surface area contributed by atoms with Crippen molar-refractivity contribution in [2.45, 2.75) is 111 Å². The Morgan fingerprint density at radius 3 is 1.28 bits per heavy atom. The number of aliphatic hydroxyl groups is 8. The van der Waals surface area contributed by atoms with Crippen molar-refractivity contribution >= 4 is 21.6 Å². The first kappa shape index (κ1) is 32.4. The fraction of sp³-hybridized carbons (Fsp3) is 1.00. The largest absolute Gasteiger partial charge is 0.392 e. The van der Waals surface area contributed by atoms with E-state index in [2.05, 4.69) is 0 Å². The second-order valence-corrected chi connectivity index (χ2v) is 11.8.